The van der Waals surface area contributed by atoms with E-state index in [-0.39, 0.29) is 0 Å². The molecule has 0 radical (unpaired) electrons. The molecule has 2 heterocycles. The predicted molar refractivity (Wildman–Crippen MR) is 61.5 cm³/mol. The summed E-state index contributed by atoms with van der Waals surface area (Å²) in [6.45, 7) is 0. The Morgan fingerprint density at radius 1 is 1.21 bits per heavy atom. The Labute approximate surface area is 88.0 Å². The molecule has 3 nitrogen and oxygen atoms in total. The van der Waals surface area contributed by atoms with E-state index in [2.05, 4.69) is 31.1 Å². The first-order valence-corrected chi connectivity index (χ1v) is 14.8. The van der Waals surface area contributed by atoms with Crippen LogP contribution < -0.4 is 3.58 Å². The third-order valence-electron chi connectivity index (χ3n) is 2.36. The van der Waals surface area contributed by atoms with Gasteiger partial charge in [-0.15, -0.1) is 0 Å². The van der Waals surface area contributed by atoms with Crippen LogP contribution in [0, 0.1) is 0 Å². The minimum atomic E-state index is -2.03. The van der Waals surface area contributed by atoms with Gasteiger partial charge in [-0.1, -0.05) is 0 Å². The van der Waals surface area contributed by atoms with E-state index in [1.165, 1.54) is 8.97 Å². The molecule has 0 spiro atoms. The van der Waals surface area contributed by atoms with Gasteiger partial charge in [0.2, 0.25) is 0 Å². The van der Waals surface area contributed by atoms with Crippen LogP contribution in [0.3, 0.4) is 0 Å². The minimum absolute atomic E-state index is 1.02. The first kappa shape index (κ1) is 9.95. The quantitative estimate of drug-likeness (QED) is 0.747. The molecule has 4 heteroatoms. The molecule has 0 saturated carbocycles. The number of pyridine rings is 1. The molecule has 0 fully saturated rings. The maximum atomic E-state index is 4.38. The molecule has 0 saturated heterocycles. The molecular weight excluding hydrogens is 281 g/mol. The van der Waals surface area contributed by atoms with Crippen molar-refractivity contribution in [2.45, 2.75) is 14.8 Å². The Kier molecular flexibility index (Phi) is 2.29. The molecule has 0 aliphatic heterocycles. The fraction of sp³-hybridized carbons (Fsp3) is 0.400. The van der Waals surface area contributed by atoms with Gasteiger partial charge in [0.15, 0.2) is 0 Å². The number of nitrogens with zero attached hydrogens (tertiary/aromatic N) is 3. The molecule has 0 aromatic carbocycles. The molecule has 14 heavy (non-hydrogen) atoms. The standard InChI is InChI=1S/C7H6N3.3CH3.Sn/c1-10-5-6-2-3-8-4-7(6)9-10;;;;/h3-5H,1H3;3*1H3;. The Bertz CT molecular complexity index is 468. The van der Waals surface area contributed by atoms with Gasteiger partial charge in [-0.2, -0.15) is 0 Å². The molecule has 2 rings (SSSR count). The van der Waals surface area contributed by atoms with Gasteiger partial charge in [0.05, 0.1) is 0 Å². The predicted octanol–water partition coefficient (Wildman–Crippen LogP) is 1.51. The summed E-state index contributed by atoms with van der Waals surface area (Å²) in [4.78, 5) is 11.5. The van der Waals surface area contributed by atoms with E-state index in [0.29, 0.717) is 0 Å². The van der Waals surface area contributed by atoms with Crippen LogP contribution in [-0.2, 0) is 7.05 Å². The normalized spacial score (nSPS) is 12.3. The third-order valence-corrected chi connectivity index (χ3v) is 8.11. The molecule has 0 aliphatic carbocycles. The Balaban J connectivity index is 2.77. The summed E-state index contributed by atoms with van der Waals surface area (Å²) < 4.78 is 3.33. The average Bonchev–Trinajstić information content (AvgIpc) is 2.41. The number of hydrogen-bond donors (Lipinski definition) is 0. The zero-order valence-corrected chi connectivity index (χ0v) is 11.9. The topological polar surface area (TPSA) is 30.7 Å². The van der Waals surface area contributed by atoms with Crippen LogP contribution in [0.1, 0.15) is 0 Å². The fourth-order valence-electron chi connectivity index (χ4n) is 1.66. The van der Waals surface area contributed by atoms with E-state index in [0.717, 1.165) is 5.52 Å². The molecule has 74 valence electrons. The van der Waals surface area contributed by atoms with Crippen molar-refractivity contribution in [1.29, 1.82) is 0 Å². The summed E-state index contributed by atoms with van der Waals surface area (Å²) in [7, 11) is 1.96. The van der Waals surface area contributed by atoms with Crippen LogP contribution in [0.5, 0.6) is 0 Å². The molecule has 0 bridgehead atoms. The Morgan fingerprint density at radius 3 is 2.57 bits per heavy atom. The van der Waals surface area contributed by atoms with Crippen LogP contribution in [-0.4, -0.2) is 33.1 Å². The van der Waals surface area contributed by atoms with E-state index >= 15 is 0 Å². The van der Waals surface area contributed by atoms with E-state index in [9.17, 15) is 0 Å². The first-order chi connectivity index (χ1) is 6.48. The van der Waals surface area contributed by atoms with E-state index < -0.39 is 18.4 Å². The molecular formula is C10H15N3Sn. The van der Waals surface area contributed by atoms with Crippen molar-refractivity contribution < 1.29 is 0 Å². The van der Waals surface area contributed by atoms with Gasteiger partial charge in [0.1, 0.15) is 0 Å². The van der Waals surface area contributed by atoms with Gasteiger partial charge in [-0.3, -0.25) is 0 Å². The van der Waals surface area contributed by atoms with Crippen molar-refractivity contribution in [3.8, 4) is 0 Å². The zero-order valence-electron chi connectivity index (χ0n) is 9.07. The van der Waals surface area contributed by atoms with Gasteiger partial charge in [0.25, 0.3) is 0 Å². The zero-order chi connectivity index (χ0) is 10.3. The SMILES string of the molecule is Cn1cc2[c]([Sn]([CH3])([CH3])[CH3])cncc2n1. The van der Waals surface area contributed by atoms with Crippen molar-refractivity contribution in [2.24, 2.45) is 7.05 Å². The molecule has 0 aliphatic rings. The number of hydrogen-bond acceptors (Lipinski definition) is 2. The van der Waals surface area contributed by atoms with E-state index in [1.807, 2.05) is 24.1 Å². The second-order valence-corrected chi connectivity index (χ2v) is 19.1. The maximum absolute atomic E-state index is 4.38. The Hall–Kier alpha value is -0.581. The van der Waals surface area contributed by atoms with Gasteiger partial charge < -0.3 is 0 Å². The van der Waals surface area contributed by atoms with E-state index in [4.69, 9.17) is 0 Å². The van der Waals surface area contributed by atoms with Crippen molar-refractivity contribution in [2.75, 3.05) is 0 Å². The monoisotopic (exact) mass is 297 g/mol. The van der Waals surface area contributed by atoms with Crippen molar-refractivity contribution in [1.82, 2.24) is 14.8 Å². The van der Waals surface area contributed by atoms with Gasteiger partial charge in [-0.25, -0.2) is 0 Å². The second-order valence-electron chi connectivity index (χ2n) is 4.67. The van der Waals surface area contributed by atoms with Gasteiger partial charge >= 0.3 is 88.1 Å². The van der Waals surface area contributed by atoms with Crippen LogP contribution in [0.15, 0.2) is 18.6 Å². The van der Waals surface area contributed by atoms with Crippen LogP contribution in [0.4, 0.5) is 0 Å². The summed E-state index contributed by atoms with van der Waals surface area (Å²) in [5, 5.41) is 5.67. The van der Waals surface area contributed by atoms with Crippen LogP contribution in [0.2, 0.25) is 14.8 Å². The van der Waals surface area contributed by atoms with Crippen molar-refractivity contribution in [3.05, 3.63) is 18.6 Å². The summed E-state index contributed by atoms with van der Waals surface area (Å²) >= 11 is -2.03. The van der Waals surface area contributed by atoms with Crippen LogP contribution >= 0.6 is 0 Å². The fourth-order valence-corrected chi connectivity index (χ4v) is 5.83. The first-order valence-electron chi connectivity index (χ1n) is 4.76. The average molecular weight is 296 g/mol. The van der Waals surface area contributed by atoms with E-state index in [1.54, 1.807) is 0 Å². The third kappa shape index (κ3) is 1.65. The van der Waals surface area contributed by atoms with Crippen LogP contribution in [0.25, 0.3) is 10.9 Å². The molecule has 0 atom stereocenters. The number of aryl methyl sites for hydroxylation is 1. The number of fused-ring (bicyclic) bond motifs is 1. The van der Waals surface area contributed by atoms with Gasteiger partial charge in [-0.05, 0) is 0 Å². The second kappa shape index (κ2) is 3.22. The number of aromatic nitrogens is 3. The van der Waals surface area contributed by atoms with Crippen molar-refractivity contribution in [3.63, 3.8) is 0 Å². The molecule has 0 N–H and O–H groups in total. The van der Waals surface area contributed by atoms with Crippen molar-refractivity contribution >= 4 is 32.9 Å². The summed E-state index contributed by atoms with van der Waals surface area (Å²) in [5.74, 6) is 0. The van der Waals surface area contributed by atoms with Gasteiger partial charge in [0, 0.05) is 0 Å². The molecule has 2 aromatic heterocycles. The molecule has 0 unspecified atom stereocenters. The summed E-state index contributed by atoms with van der Waals surface area (Å²) in [6.07, 6.45) is 5.98. The number of rotatable bonds is 1. The summed E-state index contributed by atoms with van der Waals surface area (Å²) in [6, 6.07) is 0. The molecule has 2 aromatic rings. The molecule has 0 amide bonds. The summed E-state index contributed by atoms with van der Waals surface area (Å²) in [5.41, 5.74) is 1.02. The Morgan fingerprint density at radius 2 is 1.93 bits per heavy atom.